The number of halogens is 1. The zero-order chi connectivity index (χ0) is 13.2. The summed E-state index contributed by atoms with van der Waals surface area (Å²) in [6.45, 7) is 6.68. The molecule has 94 valence electrons. The van der Waals surface area contributed by atoms with Gasteiger partial charge in [-0.1, -0.05) is 44.7 Å². The van der Waals surface area contributed by atoms with Crippen molar-refractivity contribution in [2.45, 2.75) is 36.1 Å². The van der Waals surface area contributed by atoms with Crippen molar-refractivity contribution in [3.05, 3.63) is 52.6 Å². The molecule has 0 unspecified atom stereocenters. The second kappa shape index (κ2) is 5.45. The van der Waals surface area contributed by atoms with Gasteiger partial charge in [0.05, 0.1) is 0 Å². The van der Waals surface area contributed by atoms with E-state index >= 15 is 0 Å². The van der Waals surface area contributed by atoms with E-state index < -0.39 is 0 Å². The third-order valence-electron chi connectivity index (χ3n) is 2.64. The van der Waals surface area contributed by atoms with Gasteiger partial charge in [0.2, 0.25) is 0 Å². The number of nitrogens with zero attached hydrogens (tertiary/aromatic N) is 1. The Labute approximate surface area is 121 Å². The number of rotatable bonds is 2. The van der Waals surface area contributed by atoms with Crippen molar-refractivity contribution in [3.63, 3.8) is 0 Å². The summed E-state index contributed by atoms with van der Waals surface area (Å²) in [5.74, 6) is 0. The van der Waals surface area contributed by atoms with Crippen molar-refractivity contribution in [2.75, 3.05) is 0 Å². The highest BCUT2D eigenvalue weighted by Gasteiger charge is 2.12. The molecule has 0 saturated heterocycles. The SMILES string of the molecule is CC(C)(C)c1ccc(Sc2ccc(Br)cn2)cc1. The highest BCUT2D eigenvalue weighted by molar-refractivity contribution is 9.10. The molecule has 1 aromatic heterocycles. The second-order valence-corrected chi connectivity index (χ2v) is 7.20. The zero-order valence-electron chi connectivity index (χ0n) is 10.8. The summed E-state index contributed by atoms with van der Waals surface area (Å²) in [6, 6.07) is 12.7. The summed E-state index contributed by atoms with van der Waals surface area (Å²) < 4.78 is 1.01. The molecule has 0 bridgehead atoms. The Morgan fingerprint density at radius 3 is 2.17 bits per heavy atom. The Morgan fingerprint density at radius 1 is 1.00 bits per heavy atom. The standard InChI is InChI=1S/C15H16BrNS/c1-15(2,3)11-4-7-13(8-5-11)18-14-9-6-12(16)10-17-14/h4-10H,1-3H3. The Kier molecular flexibility index (Phi) is 4.13. The van der Waals surface area contributed by atoms with Gasteiger partial charge in [-0.3, -0.25) is 0 Å². The lowest BCUT2D eigenvalue weighted by molar-refractivity contribution is 0.590. The molecule has 0 aliphatic heterocycles. The molecule has 18 heavy (non-hydrogen) atoms. The number of benzene rings is 1. The first-order valence-electron chi connectivity index (χ1n) is 5.85. The fraction of sp³-hybridized carbons (Fsp3) is 0.267. The van der Waals surface area contributed by atoms with Crippen LogP contribution >= 0.6 is 27.7 Å². The monoisotopic (exact) mass is 321 g/mol. The molecule has 0 radical (unpaired) electrons. The van der Waals surface area contributed by atoms with Gasteiger partial charge in [0.15, 0.2) is 0 Å². The highest BCUT2D eigenvalue weighted by atomic mass is 79.9. The van der Waals surface area contributed by atoms with Gasteiger partial charge in [-0.05, 0) is 51.2 Å². The summed E-state index contributed by atoms with van der Waals surface area (Å²) >= 11 is 5.07. The van der Waals surface area contributed by atoms with Crippen LogP contribution in [0, 0.1) is 0 Å². The molecule has 0 aliphatic rings. The van der Waals surface area contributed by atoms with Crippen LogP contribution in [-0.2, 0) is 5.41 Å². The van der Waals surface area contributed by atoms with Crippen molar-refractivity contribution in [3.8, 4) is 0 Å². The molecule has 2 aromatic rings. The van der Waals surface area contributed by atoms with Crippen LogP contribution in [0.4, 0.5) is 0 Å². The fourth-order valence-corrected chi connectivity index (χ4v) is 2.56. The van der Waals surface area contributed by atoms with Gasteiger partial charge in [0.1, 0.15) is 5.03 Å². The number of aromatic nitrogens is 1. The third kappa shape index (κ3) is 3.59. The maximum absolute atomic E-state index is 4.36. The van der Waals surface area contributed by atoms with Crippen LogP contribution in [0.25, 0.3) is 0 Å². The summed E-state index contributed by atoms with van der Waals surface area (Å²) in [4.78, 5) is 5.58. The first-order valence-corrected chi connectivity index (χ1v) is 7.46. The lowest BCUT2D eigenvalue weighted by Crippen LogP contribution is -2.10. The largest absolute Gasteiger partial charge is 0.248 e. The summed E-state index contributed by atoms with van der Waals surface area (Å²) in [7, 11) is 0. The van der Waals surface area contributed by atoms with Gasteiger partial charge in [0.25, 0.3) is 0 Å². The number of hydrogen-bond donors (Lipinski definition) is 0. The molecule has 0 fully saturated rings. The Hall–Kier alpha value is -0.800. The van der Waals surface area contributed by atoms with Crippen molar-refractivity contribution >= 4 is 27.7 Å². The van der Waals surface area contributed by atoms with E-state index in [0.29, 0.717) is 0 Å². The molecule has 0 saturated carbocycles. The normalized spacial score (nSPS) is 11.6. The maximum Gasteiger partial charge on any atom is 0.101 e. The first kappa shape index (κ1) is 13.6. The molecule has 2 rings (SSSR count). The quantitative estimate of drug-likeness (QED) is 0.745. The van der Waals surface area contributed by atoms with Crippen LogP contribution in [0.1, 0.15) is 26.3 Å². The van der Waals surface area contributed by atoms with Gasteiger partial charge in [-0.2, -0.15) is 0 Å². The van der Waals surface area contributed by atoms with Gasteiger partial charge >= 0.3 is 0 Å². The lowest BCUT2D eigenvalue weighted by Gasteiger charge is -2.18. The smallest absolute Gasteiger partial charge is 0.101 e. The molecule has 0 atom stereocenters. The molecule has 0 aliphatic carbocycles. The van der Waals surface area contributed by atoms with Crippen LogP contribution in [-0.4, -0.2) is 4.98 Å². The van der Waals surface area contributed by atoms with Gasteiger partial charge in [0, 0.05) is 15.6 Å². The summed E-state index contributed by atoms with van der Waals surface area (Å²) in [6.07, 6.45) is 1.83. The average Bonchev–Trinajstić information content (AvgIpc) is 2.32. The average molecular weight is 322 g/mol. The Balaban J connectivity index is 2.13. The minimum atomic E-state index is 0.207. The van der Waals surface area contributed by atoms with E-state index in [1.165, 1.54) is 10.5 Å². The van der Waals surface area contributed by atoms with E-state index in [1.807, 2.05) is 18.3 Å². The van der Waals surface area contributed by atoms with Gasteiger partial charge < -0.3 is 0 Å². The third-order valence-corrected chi connectivity index (χ3v) is 4.07. The van der Waals surface area contributed by atoms with Crippen LogP contribution in [0.5, 0.6) is 0 Å². The van der Waals surface area contributed by atoms with E-state index in [2.05, 4.69) is 66.0 Å². The predicted molar refractivity (Wildman–Crippen MR) is 81.2 cm³/mol. The number of pyridine rings is 1. The fourth-order valence-electron chi connectivity index (χ4n) is 1.57. The summed E-state index contributed by atoms with van der Waals surface area (Å²) in [5.41, 5.74) is 1.56. The molecule has 0 N–H and O–H groups in total. The van der Waals surface area contributed by atoms with Crippen molar-refractivity contribution in [1.82, 2.24) is 4.98 Å². The van der Waals surface area contributed by atoms with Crippen molar-refractivity contribution in [2.24, 2.45) is 0 Å². The van der Waals surface area contributed by atoms with Crippen molar-refractivity contribution < 1.29 is 0 Å². The molecule has 3 heteroatoms. The molecule has 1 nitrogen and oxygen atoms in total. The highest BCUT2D eigenvalue weighted by Crippen LogP contribution is 2.29. The number of hydrogen-bond acceptors (Lipinski definition) is 2. The van der Waals surface area contributed by atoms with E-state index in [0.717, 1.165) is 9.50 Å². The predicted octanol–water partition coefficient (Wildman–Crippen LogP) is 5.29. The molecular formula is C15H16BrNS. The molecule has 0 amide bonds. The maximum atomic E-state index is 4.36. The minimum absolute atomic E-state index is 0.207. The van der Waals surface area contributed by atoms with Gasteiger partial charge in [-0.25, -0.2) is 4.98 Å². The van der Waals surface area contributed by atoms with Crippen LogP contribution in [0.15, 0.2) is 57.0 Å². The van der Waals surface area contributed by atoms with Crippen LogP contribution in [0.2, 0.25) is 0 Å². The Bertz CT molecular complexity index is 512. The molecule has 0 spiro atoms. The minimum Gasteiger partial charge on any atom is -0.248 e. The van der Waals surface area contributed by atoms with E-state index in [9.17, 15) is 0 Å². The first-order chi connectivity index (χ1) is 8.45. The Morgan fingerprint density at radius 2 is 1.67 bits per heavy atom. The summed E-state index contributed by atoms with van der Waals surface area (Å²) in [5, 5.41) is 1.02. The molecule has 1 heterocycles. The zero-order valence-corrected chi connectivity index (χ0v) is 13.2. The van der Waals surface area contributed by atoms with Crippen LogP contribution in [0.3, 0.4) is 0 Å². The lowest BCUT2D eigenvalue weighted by atomic mass is 9.87. The van der Waals surface area contributed by atoms with Crippen molar-refractivity contribution in [1.29, 1.82) is 0 Å². The topological polar surface area (TPSA) is 12.9 Å². The van der Waals surface area contributed by atoms with E-state index in [1.54, 1.807) is 11.8 Å². The molecule has 1 aromatic carbocycles. The van der Waals surface area contributed by atoms with Crippen LogP contribution < -0.4 is 0 Å². The molecular weight excluding hydrogens is 306 g/mol. The van der Waals surface area contributed by atoms with Gasteiger partial charge in [-0.15, -0.1) is 0 Å². The van der Waals surface area contributed by atoms with E-state index in [4.69, 9.17) is 0 Å². The second-order valence-electron chi connectivity index (χ2n) is 5.19. The van der Waals surface area contributed by atoms with E-state index in [-0.39, 0.29) is 5.41 Å².